The summed E-state index contributed by atoms with van der Waals surface area (Å²) in [5.74, 6) is 1.67. The smallest absolute Gasteiger partial charge is 0.0886 e. The molecule has 0 bridgehead atoms. The Labute approximate surface area is 195 Å². The second kappa shape index (κ2) is 17.7. The van der Waals surface area contributed by atoms with Crippen LogP contribution in [-0.4, -0.2) is 19.6 Å². The van der Waals surface area contributed by atoms with Gasteiger partial charge in [-0.25, -0.2) is 0 Å². The first-order valence-corrected chi connectivity index (χ1v) is 10.8. The molecule has 0 aromatic heterocycles. The number of hydrogen-bond donors (Lipinski definition) is 6. The van der Waals surface area contributed by atoms with E-state index in [9.17, 15) is 0 Å². The van der Waals surface area contributed by atoms with Gasteiger partial charge in [0.15, 0.2) is 0 Å². The molecule has 188 valence electrons. The van der Waals surface area contributed by atoms with Crippen molar-refractivity contribution in [2.75, 3.05) is 19.6 Å². The lowest BCUT2D eigenvalue weighted by Gasteiger charge is -2.18. The number of nitrogens with two attached hydrogens (primary N) is 3. The third-order valence-corrected chi connectivity index (χ3v) is 3.53. The van der Waals surface area contributed by atoms with Crippen LogP contribution in [0, 0.1) is 16.2 Å². The highest BCUT2D eigenvalue weighted by Crippen LogP contribution is 2.19. The minimum absolute atomic E-state index is 0. The standard InChI is InChI=1S/C9H20N2.C8H18N2.C7H16N2.CH4/c1-8(10)11-7-5-6-9(2,3)4;1-7(9)10-6-5-8(2,3)4;1-6(8)9-5-7(2,3)4;/h11H,1,5-7,10H2,2-4H3;10H,1,5-6,9H2,2-4H3;9H,1,5,8H2,2-4H3;1H4. The molecule has 0 radical (unpaired) electrons. The van der Waals surface area contributed by atoms with Gasteiger partial charge in [-0.1, -0.05) is 89.5 Å². The van der Waals surface area contributed by atoms with Crippen molar-refractivity contribution in [2.24, 2.45) is 33.4 Å². The van der Waals surface area contributed by atoms with E-state index in [4.69, 9.17) is 17.2 Å². The first kappa shape index (κ1) is 36.4. The maximum atomic E-state index is 5.34. The number of nitrogens with one attached hydrogen (secondary N) is 3. The molecule has 0 atom stereocenters. The topological polar surface area (TPSA) is 114 Å². The van der Waals surface area contributed by atoms with Crippen LogP contribution < -0.4 is 33.2 Å². The number of rotatable bonds is 9. The van der Waals surface area contributed by atoms with E-state index in [-0.39, 0.29) is 12.8 Å². The molecule has 0 fully saturated rings. The monoisotopic (exact) mass is 442 g/mol. The highest BCUT2D eigenvalue weighted by atomic mass is 15.0. The van der Waals surface area contributed by atoms with E-state index < -0.39 is 0 Å². The molecular formula is C25H58N6. The summed E-state index contributed by atoms with van der Waals surface area (Å²) in [6.45, 7) is 33.1. The van der Waals surface area contributed by atoms with E-state index in [1.54, 1.807) is 0 Å². The third-order valence-electron chi connectivity index (χ3n) is 3.53. The van der Waals surface area contributed by atoms with Crippen LogP contribution in [0.2, 0.25) is 0 Å². The van der Waals surface area contributed by atoms with Crippen molar-refractivity contribution in [2.45, 2.75) is 89.0 Å². The molecule has 6 nitrogen and oxygen atoms in total. The van der Waals surface area contributed by atoms with Crippen LogP contribution in [0.3, 0.4) is 0 Å². The molecular weight excluding hydrogens is 384 g/mol. The molecule has 0 aliphatic heterocycles. The molecule has 0 amide bonds. The molecule has 0 aromatic rings. The predicted molar refractivity (Wildman–Crippen MR) is 143 cm³/mol. The molecule has 0 aliphatic carbocycles. The van der Waals surface area contributed by atoms with Gasteiger partial charge in [-0.15, -0.1) is 0 Å². The Morgan fingerprint density at radius 3 is 1.19 bits per heavy atom. The van der Waals surface area contributed by atoms with Crippen LogP contribution in [0.25, 0.3) is 0 Å². The van der Waals surface area contributed by atoms with Gasteiger partial charge in [-0.05, 0) is 35.5 Å². The van der Waals surface area contributed by atoms with Crippen LogP contribution >= 0.6 is 0 Å². The summed E-state index contributed by atoms with van der Waals surface area (Å²) in [6, 6.07) is 0. The van der Waals surface area contributed by atoms with Gasteiger partial charge < -0.3 is 33.2 Å². The lowest BCUT2D eigenvalue weighted by atomic mass is 9.91. The molecule has 0 heterocycles. The Hall–Kier alpha value is -1.98. The molecule has 0 aliphatic rings. The summed E-state index contributed by atoms with van der Waals surface area (Å²) in [5.41, 5.74) is 17.0. The average molecular weight is 443 g/mol. The van der Waals surface area contributed by atoms with E-state index in [2.05, 4.69) is 98.0 Å². The van der Waals surface area contributed by atoms with Gasteiger partial charge in [0.25, 0.3) is 0 Å². The van der Waals surface area contributed by atoms with Crippen molar-refractivity contribution in [1.29, 1.82) is 0 Å². The fourth-order valence-electron chi connectivity index (χ4n) is 1.84. The second-order valence-corrected chi connectivity index (χ2v) is 11.3. The first-order chi connectivity index (χ1) is 13.2. The molecule has 0 saturated heterocycles. The molecule has 9 N–H and O–H groups in total. The zero-order valence-corrected chi connectivity index (χ0v) is 21.6. The highest BCUT2D eigenvalue weighted by Gasteiger charge is 2.09. The normalized spacial score (nSPS) is 10.7. The predicted octanol–water partition coefficient (Wildman–Crippen LogP) is 4.96. The second-order valence-electron chi connectivity index (χ2n) is 11.3. The van der Waals surface area contributed by atoms with Gasteiger partial charge in [0.1, 0.15) is 0 Å². The van der Waals surface area contributed by atoms with Crippen molar-refractivity contribution < 1.29 is 0 Å². The van der Waals surface area contributed by atoms with E-state index in [0.717, 1.165) is 32.5 Å². The SMILES string of the molecule is C.C=C(N)NCC(C)(C)C.C=C(N)NCCC(C)(C)C.C=C(N)NCCCC(C)(C)C. The molecule has 0 spiro atoms. The van der Waals surface area contributed by atoms with Crippen molar-refractivity contribution >= 4 is 0 Å². The van der Waals surface area contributed by atoms with Gasteiger partial charge in [0.2, 0.25) is 0 Å². The maximum Gasteiger partial charge on any atom is 0.0886 e. The Morgan fingerprint density at radius 1 is 0.581 bits per heavy atom. The van der Waals surface area contributed by atoms with Crippen LogP contribution in [0.5, 0.6) is 0 Å². The van der Waals surface area contributed by atoms with E-state index in [1.807, 2.05) is 0 Å². The van der Waals surface area contributed by atoms with Gasteiger partial charge in [-0.3, -0.25) is 0 Å². The summed E-state index contributed by atoms with van der Waals surface area (Å²) in [5, 5.41) is 8.96. The zero-order valence-electron chi connectivity index (χ0n) is 21.6. The largest absolute Gasteiger partial charge is 0.386 e. The van der Waals surface area contributed by atoms with Crippen molar-refractivity contribution in [3.8, 4) is 0 Å². The Bertz CT molecular complexity index is 476. The molecule has 0 aromatic carbocycles. The Balaban J connectivity index is -0.000000174. The molecule has 0 unspecified atom stereocenters. The lowest BCUT2D eigenvalue weighted by Crippen LogP contribution is -2.28. The van der Waals surface area contributed by atoms with Crippen LogP contribution in [0.4, 0.5) is 0 Å². The van der Waals surface area contributed by atoms with Crippen LogP contribution in [-0.2, 0) is 0 Å². The Morgan fingerprint density at radius 2 is 0.935 bits per heavy atom. The zero-order chi connectivity index (χ0) is 24.6. The maximum absolute atomic E-state index is 5.34. The summed E-state index contributed by atoms with van der Waals surface area (Å²) < 4.78 is 0. The molecule has 0 rings (SSSR count). The van der Waals surface area contributed by atoms with E-state index in [1.165, 1.54) is 6.42 Å². The molecule has 6 heteroatoms. The summed E-state index contributed by atoms with van der Waals surface area (Å²) in [4.78, 5) is 0. The fourth-order valence-corrected chi connectivity index (χ4v) is 1.84. The molecule has 31 heavy (non-hydrogen) atoms. The minimum Gasteiger partial charge on any atom is -0.386 e. The van der Waals surface area contributed by atoms with Gasteiger partial charge >= 0.3 is 0 Å². The van der Waals surface area contributed by atoms with Crippen molar-refractivity contribution in [3.63, 3.8) is 0 Å². The van der Waals surface area contributed by atoms with E-state index in [0.29, 0.717) is 28.3 Å². The first-order valence-electron chi connectivity index (χ1n) is 10.8. The van der Waals surface area contributed by atoms with Gasteiger partial charge in [0.05, 0.1) is 17.5 Å². The van der Waals surface area contributed by atoms with Crippen LogP contribution in [0.15, 0.2) is 37.2 Å². The summed E-state index contributed by atoms with van der Waals surface area (Å²) in [6.07, 6.45) is 3.48. The highest BCUT2D eigenvalue weighted by molar-refractivity contribution is 4.84. The Kier molecular flexibility index (Phi) is 20.8. The quantitative estimate of drug-likeness (QED) is 0.281. The van der Waals surface area contributed by atoms with Gasteiger partial charge in [0, 0.05) is 19.6 Å². The fraction of sp³-hybridized carbons (Fsp3) is 0.760. The average Bonchev–Trinajstić information content (AvgIpc) is 2.47. The molecule has 0 saturated carbocycles. The summed E-state index contributed by atoms with van der Waals surface area (Å²) in [7, 11) is 0. The number of hydrogen-bond acceptors (Lipinski definition) is 6. The minimum atomic E-state index is 0. The van der Waals surface area contributed by atoms with Crippen LogP contribution in [0.1, 0.15) is 89.0 Å². The summed E-state index contributed by atoms with van der Waals surface area (Å²) >= 11 is 0. The lowest BCUT2D eigenvalue weighted by molar-refractivity contribution is 0.364. The van der Waals surface area contributed by atoms with Crippen molar-refractivity contribution in [1.82, 2.24) is 16.0 Å². The van der Waals surface area contributed by atoms with Gasteiger partial charge in [-0.2, -0.15) is 0 Å². The van der Waals surface area contributed by atoms with Crippen molar-refractivity contribution in [3.05, 3.63) is 37.2 Å². The third kappa shape index (κ3) is 52.4. The van der Waals surface area contributed by atoms with E-state index >= 15 is 0 Å².